The molecule has 2 aromatic carbocycles. The number of hydrogen-bond acceptors (Lipinski definition) is 4. The lowest BCUT2D eigenvalue weighted by molar-refractivity contribution is 1.08. The molecular formula is C16H12ClN5. The van der Waals surface area contributed by atoms with Gasteiger partial charge < -0.3 is 10.7 Å². The summed E-state index contributed by atoms with van der Waals surface area (Å²) in [5.41, 5.74) is 10.6. The van der Waals surface area contributed by atoms with Crippen LogP contribution < -0.4 is 5.73 Å². The number of H-pyrrole nitrogens is 1. The maximum Gasteiger partial charge on any atom is 0.220 e. The van der Waals surface area contributed by atoms with Gasteiger partial charge in [0.2, 0.25) is 5.95 Å². The monoisotopic (exact) mass is 309 g/mol. The number of fused-ring (bicyclic) bond motifs is 2. The van der Waals surface area contributed by atoms with Crippen LogP contribution in [-0.4, -0.2) is 19.9 Å². The topological polar surface area (TPSA) is 80.5 Å². The van der Waals surface area contributed by atoms with E-state index in [4.69, 9.17) is 17.3 Å². The lowest BCUT2D eigenvalue weighted by Crippen LogP contribution is -2.01. The fourth-order valence-electron chi connectivity index (χ4n) is 2.60. The van der Waals surface area contributed by atoms with E-state index in [0.29, 0.717) is 11.4 Å². The number of anilines is 1. The minimum absolute atomic E-state index is 0.271. The fraction of sp³-hybridized carbons (Fsp3) is 0.0625. The van der Waals surface area contributed by atoms with Crippen molar-refractivity contribution in [3.05, 3.63) is 59.0 Å². The van der Waals surface area contributed by atoms with E-state index in [0.717, 1.165) is 33.2 Å². The summed E-state index contributed by atoms with van der Waals surface area (Å²) < 4.78 is 0. The molecule has 5 nitrogen and oxygen atoms in total. The molecule has 0 aliphatic rings. The van der Waals surface area contributed by atoms with Gasteiger partial charge in [0.25, 0.3) is 0 Å². The first-order chi connectivity index (χ1) is 10.7. The molecule has 0 unspecified atom stereocenters. The Morgan fingerprint density at radius 1 is 1.05 bits per heavy atom. The zero-order valence-corrected chi connectivity index (χ0v) is 12.3. The van der Waals surface area contributed by atoms with E-state index < -0.39 is 0 Å². The second-order valence-corrected chi connectivity index (χ2v) is 5.56. The molecule has 0 spiro atoms. The zero-order valence-electron chi connectivity index (χ0n) is 11.5. The van der Waals surface area contributed by atoms with Crippen LogP contribution in [0.1, 0.15) is 11.3 Å². The predicted octanol–water partition coefficient (Wildman–Crippen LogP) is 3.33. The molecule has 0 amide bonds. The number of nitrogens with two attached hydrogens (primary N) is 1. The molecule has 6 heteroatoms. The minimum Gasteiger partial charge on any atom is -0.368 e. The van der Waals surface area contributed by atoms with Gasteiger partial charge in [-0.2, -0.15) is 0 Å². The third-order valence-electron chi connectivity index (χ3n) is 3.61. The molecule has 22 heavy (non-hydrogen) atoms. The molecule has 0 aliphatic carbocycles. The number of halogens is 1. The molecule has 3 N–H and O–H groups in total. The standard InChI is InChI=1S/C16H12ClN5/c17-10-2-4-12-11(7-10)14(22-16(18)21-12)5-9-1-3-13-15(6-9)20-8-19-13/h1-4,6-8H,5H2,(H,19,20)(H2,18,21,22). The van der Waals surface area contributed by atoms with E-state index in [9.17, 15) is 0 Å². The summed E-state index contributed by atoms with van der Waals surface area (Å²) in [7, 11) is 0. The Morgan fingerprint density at radius 2 is 1.91 bits per heavy atom. The van der Waals surface area contributed by atoms with E-state index >= 15 is 0 Å². The van der Waals surface area contributed by atoms with Crippen molar-refractivity contribution in [3.8, 4) is 0 Å². The molecular weight excluding hydrogens is 298 g/mol. The molecule has 0 fully saturated rings. The van der Waals surface area contributed by atoms with Gasteiger partial charge in [-0.25, -0.2) is 15.0 Å². The number of aromatic amines is 1. The average Bonchev–Trinajstić information content (AvgIpc) is 2.95. The van der Waals surface area contributed by atoms with Gasteiger partial charge in [0, 0.05) is 16.8 Å². The van der Waals surface area contributed by atoms with E-state index in [2.05, 4.69) is 26.0 Å². The zero-order chi connectivity index (χ0) is 15.1. The van der Waals surface area contributed by atoms with Crippen LogP contribution in [0.4, 0.5) is 5.95 Å². The Bertz CT molecular complexity index is 992. The summed E-state index contributed by atoms with van der Waals surface area (Å²) in [6.45, 7) is 0. The van der Waals surface area contributed by atoms with E-state index in [1.165, 1.54) is 0 Å². The van der Waals surface area contributed by atoms with Crippen molar-refractivity contribution in [2.45, 2.75) is 6.42 Å². The third-order valence-corrected chi connectivity index (χ3v) is 3.85. The first-order valence-electron chi connectivity index (χ1n) is 6.83. The second-order valence-electron chi connectivity index (χ2n) is 5.12. The Kier molecular flexibility index (Phi) is 2.94. The predicted molar refractivity (Wildman–Crippen MR) is 87.9 cm³/mol. The largest absolute Gasteiger partial charge is 0.368 e. The Balaban J connectivity index is 1.84. The van der Waals surface area contributed by atoms with Crippen LogP contribution in [-0.2, 0) is 6.42 Å². The van der Waals surface area contributed by atoms with Gasteiger partial charge in [-0.15, -0.1) is 0 Å². The van der Waals surface area contributed by atoms with Gasteiger partial charge in [-0.1, -0.05) is 17.7 Å². The SMILES string of the molecule is Nc1nc(Cc2ccc3nc[nH]c3c2)c2cc(Cl)ccc2n1. The van der Waals surface area contributed by atoms with Crippen LogP contribution in [0.2, 0.25) is 5.02 Å². The lowest BCUT2D eigenvalue weighted by atomic mass is 10.1. The maximum absolute atomic E-state index is 6.10. The van der Waals surface area contributed by atoms with Gasteiger partial charge >= 0.3 is 0 Å². The summed E-state index contributed by atoms with van der Waals surface area (Å²) in [6, 6.07) is 11.6. The van der Waals surface area contributed by atoms with Crippen molar-refractivity contribution in [1.29, 1.82) is 0 Å². The summed E-state index contributed by atoms with van der Waals surface area (Å²) in [5.74, 6) is 0.271. The van der Waals surface area contributed by atoms with E-state index in [1.807, 2.05) is 24.3 Å². The molecule has 0 saturated heterocycles. The van der Waals surface area contributed by atoms with Crippen molar-refractivity contribution >= 4 is 39.5 Å². The molecule has 4 rings (SSSR count). The summed E-state index contributed by atoms with van der Waals surface area (Å²) in [6.07, 6.45) is 2.34. The van der Waals surface area contributed by atoms with Gasteiger partial charge in [0.05, 0.1) is 28.6 Å². The molecule has 2 aromatic heterocycles. The quantitative estimate of drug-likeness (QED) is 0.595. The number of imidazole rings is 1. The number of rotatable bonds is 2. The molecule has 2 heterocycles. The van der Waals surface area contributed by atoms with Crippen molar-refractivity contribution in [3.63, 3.8) is 0 Å². The molecule has 0 bridgehead atoms. The molecule has 0 aliphatic heterocycles. The van der Waals surface area contributed by atoms with Crippen LogP contribution in [0.3, 0.4) is 0 Å². The normalized spacial score (nSPS) is 11.3. The van der Waals surface area contributed by atoms with Crippen molar-refractivity contribution in [2.75, 3.05) is 5.73 Å². The van der Waals surface area contributed by atoms with Crippen molar-refractivity contribution in [1.82, 2.24) is 19.9 Å². The highest BCUT2D eigenvalue weighted by Gasteiger charge is 2.09. The van der Waals surface area contributed by atoms with Gasteiger partial charge in [0.1, 0.15) is 0 Å². The first-order valence-corrected chi connectivity index (χ1v) is 7.20. The Morgan fingerprint density at radius 3 is 2.82 bits per heavy atom. The first kappa shape index (κ1) is 13.0. The van der Waals surface area contributed by atoms with Crippen LogP contribution in [0.25, 0.3) is 21.9 Å². The van der Waals surface area contributed by atoms with Crippen LogP contribution in [0.15, 0.2) is 42.7 Å². The van der Waals surface area contributed by atoms with Crippen LogP contribution in [0.5, 0.6) is 0 Å². The number of benzene rings is 2. The molecule has 0 saturated carbocycles. The average molecular weight is 310 g/mol. The molecule has 4 aromatic rings. The van der Waals surface area contributed by atoms with Crippen LogP contribution in [0, 0.1) is 0 Å². The number of nitrogen functional groups attached to an aromatic ring is 1. The third kappa shape index (κ3) is 2.25. The smallest absolute Gasteiger partial charge is 0.220 e. The summed E-state index contributed by atoms with van der Waals surface area (Å²) in [4.78, 5) is 16.0. The number of nitrogens with one attached hydrogen (secondary N) is 1. The van der Waals surface area contributed by atoms with Gasteiger partial charge in [-0.05, 0) is 35.9 Å². The fourth-order valence-corrected chi connectivity index (χ4v) is 2.78. The van der Waals surface area contributed by atoms with Crippen molar-refractivity contribution in [2.24, 2.45) is 0 Å². The molecule has 0 radical (unpaired) electrons. The highest BCUT2D eigenvalue weighted by molar-refractivity contribution is 6.31. The van der Waals surface area contributed by atoms with Gasteiger partial charge in [-0.3, -0.25) is 0 Å². The molecule has 108 valence electrons. The number of aromatic nitrogens is 4. The number of hydrogen-bond donors (Lipinski definition) is 2. The number of nitrogens with zero attached hydrogens (tertiary/aromatic N) is 3. The maximum atomic E-state index is 6.10. The van der Waals surface area contributed by atoms with E-state index in [-0.39, 0.29) is 5.95 Å². The van der Waals surface area contributed by atoms with E-state index in [1.54, 1.807) is 12.4 Å². The minimum atomic E-state index is 0.271. The van der Waals surface area contributed by atoms with Crippen molar-refractivity contribution < 1.29 is 0 Å². The lowest BCUT2D eigenvalue weighted by Gasteiger charge is -2.07. The summed E-state index contributed by atoms with van der Waals surface area (Å²) in [5, 5.41) is 1.58. The second kappa shape index (κ2) is 4.96. The highest BCUT2D eigenvalue weighted by Crippen LogP contribution is 2.24. The Labute approximate surface area is 131 Å². The Hall–Kier alpha value is -2.66. The summed E-state index contributed by atoms with van der Waals surface area (Å²) >= 11 is 6.10. The van der Waals surface area contributed by atoms with Crippen LogP contribution >= 0.6 is 11.6 Å². The highest BCUT2D eigenvalue weighted by atomic mass is 35.5. The molecule has 0 atom stereocenters. The van der Waals surface area contributed by atoms with Gasteiger partial charge in [0.15, 0.2) is 0 Å².